The van der Waals surface area contributed by atoms with Gasteiger partial charge in [0, 0.05) is 13.6 Å². The molecule has 0 aliphatic rings. The van der Waals surface area contributed by atoms with Crippen LogP contribution in [-0.2, 0) is 17.8 Å². The number of rotatable bonds is 7. The Balaban J connectivity index is 1.94. The van der Waals surface area contributed by atoms with E-state index in [1.54, 1.807) is 25.2 Å². The molecule has 0 heterocycles. The Morgan fingerprint density at radius 2 is 1.76 bits per heavy atom. The zero-order valence-electron chi connectivity index (χ0n) is 13.8. The van der Waals surface area contributed by atoms with Gasteiger partial charge in [0.1, 0.15) is 5.75 Å². The van der Waals surface area contributed by atoms with Gasteiger partial charge in [-0.1, -0.05) is 18.2 Å². The van der Waals surface area contributed by atoms with Gasteiger partial charge in [-0.15, -0.1) is 0 Å². The maximum atomic E-state index is 13.7. The molecule has 0 aromatic heterocycles. The van der Waals surface area contributed by atoms with Crippen molar-refractivity contribution in [3.8, 4) is 11.5 Å². The number of hydrogen-bond donors (Lipinski definition) is 0. The van der Waals surface area contributed by atoms with Crippen molar-refractivity contribution in [1.29, 1.82) is 0 Å². The molecule has 0 aliphatic heterocycles. The number of likely N-dealkylation sites (N-methyl/N-ethyl adjacent to an activating group) is 1. The molecule has 0 atom stereocenters. The van der Waals surface area contributed by atoms with Crippen LogP contribution in [-0.4, -0.2) is 31.6 Å². The van der Waals surface area contributed by atoms with E-state index >= 15 is 0 Å². The minimum atomic E-state index is -2.89. The molecular weight excluding hydrogens is 335 g/mol. The highest BCUT2D eigenvalue weighted by molar-refractivity contribution is 5.78. The van der Waals surface area contributed by atoms with E-state index in [1.807, 2.05) is 0 Å². The van der Waals surface area contributed by atoms with Gasteiger partial charge in [0.2, 0.25) is 5.91 Å². The lowest BCUT2D eigenvalue weighted by molar-refractivity contribution is -0.129. The number of amides is 1. The summed E-state index contributed by atoms with van der Waals surface area (Å²) < 4.78 is 47.0. The summed E-state index contributed by atoms with van der Waals surface area (Å²) in [7, 11) is 2.99. The van der Waals surface area contributed by atoms with Crippen LogP contribution in [0.15, 0.2) is 42.5 Å². The lowest BCUT2D eigenvalue weighted by Crippen LogP contribution is -2.27. The fourth-order valence-corrected chi connectivity index (χ4v) is 2.27. The zero-order valence-corrected chi connectivity index (χ0v) is 13.8. The predicted octanol–water partition coefficient (Wildman–Crippen LogP) is 3.64. The van der Waals surface area contributed by atoms with Crippen molar-refractivity contribution >= 4 is 5.91 Å². The molecule has 25 heavy (non-hydrogen) atoms. The molecule has 0 fully saturated rings. The highest BCUT2D eigenvalue weighted by Gasteiger charge is 2.12. The maximum absolute atomic E-state index is 13.7. The SMILES string of the molecule is COc1ccc(CN(C)C(=O)Cc2ccc(OC(F)F)cc2)cc1F. The molecular formula is C18H18F3NO3. The van der Waals surface area contributed by atoms with Crippen molar-refractivity contribution in [2.45, 2.75) is 19.6 Å². The lowest BCUT2D eigenvalue weighted by atomic mass is 10.1. The van der Waals surface area contributed by atoms with Crippen molar-refractivity contribution in [3.05, 3.63) is 59.4 Å². The molecule has 0 aliphatic carbocycles. The summed E-state index contributed by atoms with van der Waals surface area (Å²) in [6.45, 7) is -2.64. The average molecular weight is 353 g/mol. The fraction of sp³-hybridized carbons (Fsp3) is 0.278. The molecule has 0 unspecified atom stereocenters. The van der Waals surface area contributed by atoms with Crippen LogP contribution < -0.4 is 9.47 Å². The first-order valence-electron chi connectivity index (χ1n) is 7.49. The lowest BCUT2D eigenvalue weighted by Gasteiger charge is -2.18. The highest BCUT2D eigenvalue weighted by atomic mass is 19.3. The third kappa shape index (κ3) is 5.41. The Labute approximate surface area is 143 Å². The van der Waals surface area contributed by atoms with E-state index in [2.05, 4.69) is 4.74 Å². The van der Waals surface area contributed by atoms with Gasteiger partial charge in [-0.05, 0) is 35.4 Å². The van der Waals surface area contributed by atoms with E-state index in [0.29, 0.717) is 11.1 Å². The molecule has 0 spiro atoms. The Kier molecular flexibility index (Phi) is 6.27. The zero-order chi connectivity index (χ0) is 18.4. The van der Waals surface area contributed by atoms with E-state index in [1.165, 1.54) is 36.3 Å². The number of halogens is 3. The number of nitrogens with zero attached hydrogens (tertiary/aromatic N) is 1. The molecule has 4 nitrogen and oxygen atoms in total. The Bertz CT molecular complexity index is 720. The Morgan fingerprint density at radius 1 is 1.12 bits per heavy atom. The first-order chi connectivity index (χ1) is 11.9. The quantitative estimate of drug-likeness (QED) is 0.763. The van der Waals surface area contributed by atoms with Gasteiger partial charge in [-0.25, -0.2) is 4.39 Å². The van der Waals surface area contributed by atoms with Crippen LogP contribution in [0.2, 0.25) is 0 Å². The Hall–Kier alpha value is -2.70. The first kappa shape index (κ1) is 18.6. The number of ether oxygens (including phenoxy) is 2. The van der Waals surface area contributed by atoms with Gasteiger partial charge in [0.05, 0.1) is 13.5 Å². The van der Waals surface area contributed by atoms with Crippen LogP contribution in [0.25, 0.3) is 0 Å². The third-order valence-electron chi connectivity index (χ3n) is 3.57. The van der Waals surface area contributed by atoms with Crippen LogP contribution in [0, 0.1) is 5.82 Å². The summed E-state index contributed by atoms with van der Waals surface area (Å²) in [6, 6.07) is 10.4. The molecule has 2 aromatic rings. The molecule has 0 N–H and O–H groups in total. The standard InChI is InChI=1S/C18H18F3NO3/c1-22(11-13-5-8-16(24-2)15(19)9-13)17(23)10-12-3-6-14(7-4-12)25-18(20)21/h3-9,18H,10-11H2,1-2H3. The second kappa shape index (κ2) is 8.41. The van der Waals surface area contributed by atoms with Gasteiger partial charge < -0.3 is 14.4 Å². The van der Waals surface area contributed by atoms with Gasteiger partial charge in [-0.3, -0.25) is 4.79 Å². The molecule has 7 heteroatoms. The van der Waals surface area contributed by atoms with E-state index in [9.17, 15) is 18.0 Å². The number of carbonyl (C=O) groups excluding carboxylic acids is 1. The largest absolute Gasteiger partial charge is 0.494 e. The average Bonchev–Trinajstić information content (AvgIpc) is 2.56. The summed E-state index contributed by atoms with van der Waals surface area (Å²) >= 11 is 0. The summed E-state index contributed by atoms with van der Waals surface area (Å²) in [5.41, 5.74) is 1.30. The molecule has 0 saturated carbocycles. The number of carbonyl (C=O) groups is 1. The van der Waals surface area contributed by atoms with E-state index in [0.717, 1.165) is 0 Å². The van der Waals surface area contributed by atoms with Crippen LogP contribution >= 0.6 is 0 Å². The number of alkyl halides is 2. The maximum Gasteiger partial charge on any atom is 0.387 e. The molecule has 2 aromatic carbocycles. The van der Waals surface area contributed by atoms with Crippen molar-refractivity contribution in [2.24, 2.45) is 0 Å². The number of hydrogen-bond acceptors (Lipinski definition) is 3. The minimum absolute atomic E-state index is 0.0354. The Morgan fingerprint density at radius 3 is 2.32 bits per heavy atom. The highest BCUT2D eigenvalue weighted by Crippen LogP contribution is 2.19. The van der Waals surface area contributed by atoms with Crippen LogP contribution in [0.4, 0.5) is 13.2 Å². The van der Waals surface area contributed by atoms with E-state index in [-0.39, 0.29) is 30.4 Å². The van der Waals surface area contributed by atoms with E-state index in [4.69, 9.17) is 4.74 Å². The molecule has 134 valence electrons. The summed E-state index contributed by atoms with van der Waals surface area (Å²) in [6.07, 6.45) is 0.101. The van der Waals surface area contributed by atoms with Gasteiger partial charge in [0.25, 0.3) is 0 Å². The van der Waals surface area contributed by atoms with Crippen LogP contribution in [0.1, 0.15) is 11.1 Å². The van der Waals surface area contributed by atoms with Crippen molar-refractivity contribution in [1.82, 2.24) is 4.90 Å². The van der Waals surface area contributed by atoms with Gasteiger partial charge >= 0.3 is 6.61 Å². The van der Waals surface area contributed by atoms with Crippen LogP contribution in [0.5, 0.6) is 11.5 Å². The van der Waals surface area contributed by atoms with Gasteiger partial charge in [-0.2, -0.15) is 8.78 Å². The molecule has 0 radical (unpaired) electrons. The third-order valence-corrected chi connectivity index (χ3v) is 3.57. The molecule has 0 saturated heterocycles. The molecule has 0 bridgehead atoms. The van der Waals surface area contributed by atoms with Crippen molar-refractivity contribution in [3.63, 3.8) is 0 Å². The minimum Gasteiger partial charge on any atom is -0.494 e. The van der Waals surface area contributed by atoms with Crippen LogP contribution in [0.3, 0.4) is 0 Å². The number of methoxy groups -OCH3 is 1. The molecule has 2 rings (SSSR count). The fourth-order valence-electron chi connectivity index (χ4n) is 2.27. The van der Waals surface area contributed by atoms with Gasteiger partial charge in [0.15, 0.2) is 11.6 Å². The second-order valence-electron chi connectivity index (χ2n) is 5.42. The topological polar surface area (TPSA) is 38.8 Å². The van der Waals surface area contributed by atoms with E-state index < -0.39 is 12.4 Å². The smallest absolute Gasteiger partial charge is 0.387 e. The summed E-state index contributed by atoms with van der Waals surface area (Å²) in [5.74, 6) is -0.494. The number of benzene rings is 2. The second-order valence-corrected chi connectivity index (χ2v) is 5.42. The van der Waals surface area contributed by atoms with Crippen molar-refractivity contribution in [2.75, 3.05) is 14.2 Å². The normalized spacial score (nSPS) is 10.6. The summed E-state index contributed by atoms with van der Waals surface area (Å²) in [4.78, 5) is 13.7. The van der Waals surface area contributed by atoms with Crippen molar-refractivity contribution < 1.29 is 27.4 Å². The first-order valence-corrected chi connectivity index (χ1v) is 7.49. The summed E-state index contributed by atoms with van der Waals surface area (Å²) in [5, 5.41) is 0. The monoisotopic (exact) mass is 353 g/mol. The predicted molar refractivity (Wildman–Crippen MR) is 86.2 cm³/mol. The molecule has 1 amide bonds.